The van der Waals surface area contributed by atoms with Gasteiger partial charge in [0.05, 0.1) is 34.3 Å². The van der Waals surface area contributed by atoms with Crippen LogP contribution in [0.1, 0.15) is 41.9 Å². The molecule has 3 N–H and O–H groups in total. The highest BCUT2D eigenvalue weighted by Gasteiger charge is 2.34. The van der Waals surface area contributed by atoms with Crippen LogP contribution in [0.25, 0.3) is 43.6 Å². The number of nitrogens with zero attached hydrogens (tertiary/aromatic N) is 1. The minimum Gasteiger partial charge on any atom is -0.393 e. The average molecular weight is 425 g/mol. The molecule has 6 nitrogen and oxygen atoms in total. The Morgan fingerprint density at radius 2 is 1.81 bits per heavy atom. The van der Waals surface area contributed by atoms with E-state index in [2.05, 4.69) is 39.1 Å². The lowest BCUT2D eigenvalue weighted by molar-refractivity contribution is -0.118. The summed E-state index contributed by atoms with van der Waals surface area (Å²) in [6.45, 7) is 2.53. The molecular formula is C26H23N3O3. The van der Waals surface area contributed by atoms with Gasteiger partial charge in [0.2, 0.25) is 0 Å². The molecule has 4 heterocycles. The van der Waals surface area contributed by atoms with Gasteiger partial charge in [-0.1, -0.05) is 36.4 Å². The van der Waals surface area contributed by atoms with Gasteiger partial charge in [-0.2, -0.15) is 0 Å². The Hall–Kier alpha value is -3.35. The van der Waals surface area contributed by atoms with E-state index in [1.807, 2.05) is 31.2 Å². The minimum atomic E-state index is -0.420. The van der Waals surface area contributed by atoms with Crippen molar-refractivity contribution in [3.63, 3.8) is 0 Å². The summed E-state index contributed by atoms with van der Waals surface area (Å²) in [5.74, 6) is -0.0296. The van der Waals surface area contributed by atoms with Crippen molar-refractivity contribution >= 4 is 49.5 Å². The molecule has 0 saturated carbocycles. The number of para-hydroxylation sites is 2. The standard InChI is InChI=1S/C26H23N3O3/c1-13-10-14(30)11-20(32-13)29-19-9-5-3-7-16(19)22-23-17(12-27-26(23)31)21-15-6-2-4-8-18(15)28-24(21)25(22)29/h2-9,13-14,20,28,30H,10-12H2,1H3,(H,27,31). The summed E-state index contributed by atoms with van der Waals surface area (Å²) in [7, 11) is 0. The van der Waals surface area contributed by atoms with Gasteiger partial charge >= 0.3 is 0 Å². The summed E-state index contributed by atoms with van der Waals surface area (Å²) in [6, 6.07) is 16.4. The number of aromatic amines is 1. The van der Waals surface area contributed by atoms with Crippen molar-refractivity contribution in [3.8, 4) is 0 Å². The number of carbonyl (C=O) groups is 1. The van der Waals surface area contributed by atoms with Crippen molar-refractivity contribution in [2.24, 2.45) is 0 Å². The van der Waals surface area contributed by atoms with Crippen LogP contribution in [-0.2, 0) is 11.3 Å². The number of benzene rings is 3. The normalized spacial score (nSPS) is 23.4. The van der Waals surface area contributed by atoms with Gasteiger partial charge in [0, 0.05) is 40.0 Å². The van der Waals surface area contributed by atoms with Crippen molar-refractivity contribution in [1.29, 1.82) is 0 Å². The number of hydrogen-bond donors (Lipinski definition) is 3. The molecule has 6 heteroatoms. The molecule has 0 bridgehead atoms. The number of aromatic nitrogens is 2. The summed E-state index contributed by atoms with van der Waals surface area (Å²) < 4.78 is 8.58. The zero-order chi connectivity index (χ0) is 21.6. The number of rotatable bonds is 1. The van der Waals surface area contributed by atoms with Crippen molar-refractivity contribution < 1.29 is 14.6 Å². The Labute approximate surface area is 183 Å². The number of H-pyrrole nitrogens is 1. The SMILES string of the molecule is CC1CC(O)CC(n2c3ccccc3c3c4c(c5c6ccccc6[nH]c5c32)CNC4=O)O1. The molecule has 160 valence electrons. The summed E-state index contributed by atoms with van der Waals surface area (Å²) in [5.41, 5.74) is 5.86. The van der Waals surface area contributed by atoms with Gasteiger partial charge in [-0.25, -0.2) is 0 Å². The number of aliphatic hydroxyl groups excluding tert-OH is 1. The van der Waals surface area contributed by atoms with Crippen LogP contribution in [0.3, 0.4) is 0 Å². The van der Waals surface area contributed by atoms with Crippen LogP contribution >= 0.6 is 0 Å². The summed E-state index contributed by atoms with van der Waals surface area (Å²) in [4.78, 5) is 16.8. The van der Waals surface area contributed by atoms with Gasteiger partial charge in [0.15, 0.2) is 0 Å². The Bertz CT molecular complexity index is 1570. The van der Waals surface area contributed by atoms with Gasteiger partial charge < -0.3 is 24.7 Å². The first-order valence-corrected chi connectivity index (χ1v) is 11.2. The van der Waals surface area contributed by atoms with E-state index < -0.39 is 6.10 Å². The highest BCUT2D eigenvalue weighted by atomic mass is 16.5. The van der Waals surface area contributed by atoms with E-state index in [4.69, 9.17) is 4.74 Å². The van der Waals surface area contributed by atoms with Crippen LogP contribution in [0.15, 0.2) is 48.5 Å². The highest BCUT2D eigenvalue weighted by Crippen LogP contribution is 2.45. The van der Waals surface area contributed by atoms with E-state index in [9.17, 15) is 9.90 Å². The molecule has 0 aliphatic carbocycles. The Morgan fingerprint density at radius 1 is 1.03 bits per heavy atom. The van der Waals surface area contributed by atoms with Crippen molar-refractivity contribution in [2.75, 3.05) is 0 Å². The zero-order valence-corrected chi connectivity index (χ0v) is 17.7. The molecule has 0 radical (unpaired) electrons. The van der Waals surface area contributed by atoms with Crippen molar-refractivity contribution in [2.45, 2.75) is 44.7 Å². The Kier molecular flexibility index (Phi) is 3.62. The molecule has 2 aliphatic heterocycles. The van der Waals surface area contributed by atoms with Crippen LogP contribution < -0.4 is 5.32 Å². The third-order valence-corrected chi connectivity index (χ3v) is 7.11. The monoisotopic (exact) mass is 425 g/mol. The average Bonchev–Trinajstić information content (AvgIpc) is 3.44. The molecule has 5 aromatic rings. The van der Waals surface area contributed by atoms with E-state index in [-0.39, 0.29) is 18.2 Å². The van der Waals surface area contributed by atoms with Crippen molar-refractivity contribution in [1.82, 2.24) is 14.9 Å². The fourth-order valence-corrected chi connectivity index (χ4v) is 5.91. The number of ether oxygens (including phenoxy) is 1. The van der Waals surface area contributed by atoms with E-state index in [0.29, 0.717) is 19.4 Å². The van der Waals surface area contributed by atoms with Crippen LogP contribution in [0.5, 0.6) is 0 Å². The van der Waals surface area contributed by atoms with Crippen molar-refractivity contribution in [3.05, 3.63) is 59.7 Å². The van der Waals surface area contributed by atoms with Gasteiger partial charge in [-0.15, -0.1) is 0 Å². The number of amides is 1. The maximum absolute atomic E-state index is 13.1. The summed E-state index contributed by atoms with van der Waals surface area (Å²) in [5, 5.41) is 17.8. The summed E-state index contributed by atoms with van der Waals surface area (Å²) >= 11 is 0. The first-order chi connectivity index (χ1) is 15.6. The number of fused-ring (bicyclic) bond motifs is 10. The van der Waals surface area contributed by atoms with E-state index in [0.717, 1.165) is 54.7 Å². The number of hydrogen-bond acceptors (Lipinski definition) is 3. The maximum Gasteiger partial charge on any atom is 0.252 e. The summed E-state index contributed by atoms with van der Waals surface area (Å²) in [6.07, 6.45) is 0.371. The maximum atomic E-state index is 13.1. The van der Waals surface area contributed by atoms with Gasteiger partial charge in [0.1, 0.15) is 6.23 Å². The minimum absolute atomic E-state index is 0.0296. The molecule has 0 spiro atoms. The lowest BCUT2D eigenvalue weighted by atomic mass is 9.97. The molecule has 1 saturated heterocycles. The second-order valence-corrected chi connectivity index (χ2v) is 9.09. The smallest absolute Gasteiger partial charge is 0.252 e. The molecule has 3 unspecified atom stereocenters. The lowest BCUT2D eigenvalue weighted by Gasteiger charge is -2.33. The van der Waals surface area contributed by atoms with Crippen LogP contribution in [0.2, 0.25) is 0 Å². The fourth-order valence-electron chi connectivity index (χ4n) is 5.91. The predicted molar refractivity (Wildman–Crippen MR) is 125 cm³/mol. The molecule has 3 aromatic carbocycles. The van der Waals surface area contributed by atoms with Crippen LogP contribution in [0.4, 0.5) is 0 Å². The van der Waals surface area contributed by atoms with E-state index in [1.165, 1.54) is 0 Å². The van der Waals surface area contributed by atoms with Gasteiger partial charge in [-0.05, 0) is 31.0 Å². The highest BCUT2D eigenvalue weighted by molar-refractivity contribution is 6.30. The fraction of sp³-hybridized carbons (Fsp3) is 0.269. The molecule has 32 heavy (non-hydrogen) atoms. The second kappa shape index (κ2) is 6.34. The predicted octanol–water partition coefficient (Wildman–Crippen LogP) is 4.73. The third-order valence-electron chi connectivity index (χ3n) is 7.11. The van der Waals surface area contributed by atoms with Gasteiger partial charge in [0.25, 0.3) is 5.91 Å². The Balaban J connectivity index is 1.73. The van der Waals surface area contributed by atoms with Gasteiger partial charge in [-0.3, -0.25) is 4.79 Å². The molecule has 1 fully saturated rings. The zero-order valence-electron chi connectivity index (χ0n) is 17.7. The molecule has 1 amide bonds. The lowest BCUT2D eigenvalue weighted by Crippen LogP contribution is -2.32. The topological polar surface area (TPSA) is 79.3 Å². The first kappa shape index (κ1) is 18.2. The number of aliphatic hydroxyl groups is 1. The van der Waals surface area contributed by atoms with Crippen LogP contribution in [0, 0.1) is 0 Å². The second-order valence-electron chi connectivity index (χ2n) is 9.09. The largest absolute Gasteiger partial charge is 0.393 e. The van der Waals surface area contributed by atoms with E-state index >= 15 is 0 Å². The Morgan fingerprint density at radius 3 is 2.66 bits per heavy atom. The number of carbonyl (C=O) groups excluding carboxylic acids is 1. The molecule has 2 aromatic heterocycles. The molecule has 3 atom stereocenters. The quantitative estimate of drug-likeness (QED) is 0.363. The molecule has 7 rings (SSSR count). The van der Waals surface area contributed by atoms with Crippen LogP contribution in [-0.4, -0.2) is 32.8 Å². The first-order valence-electron chi connectivity index (χ1n) is 11.2. The molecule has 2 aliphatic rings. The molecular weight excluding hydrogens is 402 g/mol. The number of nitrogens with one attached hydrogen (secondary N) is 2. The third kappa shape index (κ3) is 2.28. The van der Waals surface area contributed by atoms with E-state index in [1.54, 1.807) is 0 Å².